The fourth-order valence-corrected chi connectivity index (χ4v) is 1.39. The average Bonchev–Trinajstić information content (AvgIpc) is 2.37. The highest BCUT2D eigenvalue weighted by atomic mass is 16.5. The van der Waals surface area contributed by atoms with Gasteiger partial charge in [0.2, 0.25) is 0 Å². The van der Waals surface area contributed by atoms with Gasteiger partial charge < -0.3 is 14.7 Å². The van der Waals surface area contributed by atoms with E-state index in [0.29, 0.717) is 18.7 Å². The molecule has 0 spiro atoms. The fourth-order valence-electron chi connectivity index (χ4n) is 1.39. The van der Waals surface area contributed by atoms with E-state index in [4.69, 9.17) is 9.84 Å². The van der Waals surface area contributed by atoms with Crippen LogP contribution in [0.5, 0.6) is 0 Å². The molecule has 6 nitrogen and oxygen atoms in total. The van der Waals surface area contributed by atoms with E-state index in [1.165, 1.54) is 23.2 Å². The van der Waals surface area contributed by atoms with Crippen molar-refractivity contribution in [1.82, 2.24) is 9.88 Å². The number of carboxylic acid groups (broad SMARTS) is 1. The second kappa shape index (κ2) is 6.84. The van der Waals surface area contributed by atoms with Crippen LogP contribution in [0, 0.1) is 0 Å². The van der Waals surface area contributed by atoms with Crippen molar-refractivity contribution in [3.05, 3.63) is 29.6 Å². The largest absolute Gasteiger partial charge is 0.477 e. The molecule has 1 heterocycles. The molecule has 19 heavy (non-hydrogen) atoms. The van der Waals surface area contributed by atoms with E-state index in [1.54, 1.807) is 7.05 Å². The topological polar surface area (TPSA) is 79.7 Å². The molecule has 0 atom stereocenters. The van der Waals surface area contributed by atoms with Crippen molar-refractivity contribution in [2.75, 3.05) is 20.2 Å². The molecule has 1 aromatic heterocycles. The van der Waals surface area contributed by atoms with Crippen LogP contribution in [0.2, 0.25) is 0 Å². The lowest BCUT2D eigenvalue weighted by Gasteiger charge is -2.18. The highest BCUT2D eigenvalue weighted by Gasteiger charge is 2.13. The molecular weight excluding hydrogens is 248 g/mol. The first-order chi connectivity index (χ1) is 8.91. The standard InChI is InChI=1S/C13H18N2O4/c1-9(2)19-7-6-15(3)12(16)10-4-5-11(13(17)18)14-8-10/h4-5,8-9H,6-7H2,1-3H3,(H,17,18). The summed E-state index contributed by atoms with van der Waals surface area (Å²) in [5, 5.41) is 8.72. The van der Waals surface area contributed by atoms with Crippen LogP contribution in [0.25, 0.3) is 0 Å². The summed E-state index contributed by atoms with van der Waals surface area (Å²) in [6.07, 6.45) is 1.39. The first-order valence-corrected chi connectivity index (χ1v) is 5.98. The number of carbonyl (C=O) groups excluding carboxylic acids is 1. The average molecular weight is 266 g/mol. The number of rotatable bonds is 6. The van der Waals surface area contributed by atoms with Crippen molar-refractivity contribution < 1.29 is 19.4 Å². The Bertz CT molecular complexity index is 442. The second-order valence-corrected chi connectivity index (χ2v) is 4.38. The molecule has 0 unspecified atom stereocenters. The molecule has 1 N–H and O–H groups in total. The minimum Gasteiger partial charge on any atom is -0.477 e. The number of pyridine rings is 1. The molecule has 0 saturated carbocycles. The maximum atomic E-state index is 12.0. The van der Waals surface area contributed by atoms with E-state index < -0.39 is 5.97 Å². The van der Waals surface area contributed by atoms with Gasteiger partial charge >= 0.3 is 5.97 Å². The van der Waals surface area contributed by atoms with Crippen molar-refractivity contribution in [1.29, 1.82) is 0 Å². The molecule has 0 aliphatic heterocycles. The summed E-state index contributed by atoms with van der Waals surface area (Å²) in [4.78, 5) is 27.9. The van der Waals surface area contributed by atoms with Crippen LogP contribution in [0.15, 0.2) is 18.3 Å². The minimum atomic E-state index is -1.11. The Morgan fingerprint density at radius 2 is 2.11 bits per heavy atom. The third-order valence-electron chi connectivity index (χ3n) is 2.45. The van der Waals surface area contributed by atoms with Crippen LogP contribution in [0.4, 0.5) is 0 Å². The molecule has 6 heteroatoms. The van der Waals surface area contributed by atoms with E-state index in [2.05, 4.69) is 4.98 Å². The van der Waals surface area contributed by atoms with Gasteiger partial charge in [0.25, 0.3) is 5.91 Å². The van der Waals surface area contributed by atoms with E-state index in [9.17, 15) is 9.59 Å². The molecule has 0 fully saturated rings. The van der Waals surface area contributed by atoms with Crippen molar-refractivity contribution in [2.24, 2.45) is 0 Å². The molecular formula is C13H18N2O4. The zero-order valence-electron chi connectivity index (χ0n) is 11.3. The molecule has 0 aliphatic carbocycles. The van der Waals surface area contributed by atoms with Crippen LogP contribution < -0.4 is 0 Å². The third kappa shape index (κ3) is 4.67. The molecule has 1 aromatic rings. The lowest BCUT2D eigenvalue weighted by molar-refractivity contribution is 0.0531. The van der Waals surface area contributed by atoms with E-state index in [0.717, 1.165) is 0 Å². The zero-order valence-corrected chi connectivity index (χ0v) is 11.3. The van der Waals surface area contributed by atoms with Gasteiger partial charge in [0.05, 0.1) is 18.3 Å². The molecule has 104 valence electrons. The first-order valence-electron chi connectivity index (χ1n) is 5.98. The Morgan fingerprint density at radius 1 is 1.42 bits per heavy atom. The number of carboxylic acids is 1. The summed E-state index contributed by atoms with van der Waals surface area (Å²) in [6, 6.07) is 2.77. The number of carbonyl (C=O) groups is 2. The lowest BCUT2D eigenvalue weighted by Crippen LogP contribution is -2.30. The molecule has 0 aromatic carbocycles. The minimum absolute atomic E-state index is 0.0812. The third-order valence-corrected chi connectivity index (χ3v) is 2.45. The van der Waals surface area contributed by atoms with E-state index in [-0.39, 0.29) is 17.7 Å². The van der Waals surface area contributed by atoms with Gasteiger partial charge in [-0.3, -0.25) is 4.79 Å². The second-order valence-electron chi connectivity index (χ2n) is 4.38. The van der Waals surface area contributed by atoms with Crippen LogP contribution in [0.1, 0.15) is 34.7 Å². The monoisotopic (exact) mass is 266 g/mol. The quantitative estimate of drug-likeness (QED) is 0.839. The van der Waals surface area contributed by atoms with Crippen molar-refractivity contribution in [2.45, 2.75) is 20.0 Å². The van der Waals surface area contributed by atoms with E-state index >= 15 is 0 Å². The summed E-state index contributed by atoms with van der Waals surface area (Å²) in [6.45, 7) is 4.78. The van der Waals surface area contributed by atoms with Gasteiger partial charge in [-0.15, -0.1) is 0 Å². The van der Waals surface area contributed by atoms with Crippen LogP contribution >= 0.6 is 0 Å². The number of aromatic carboxylic acids is 1. The fraction of sp³-hybridized carbons (Fsp3) is 0.462. The van der Waals surface area contributed by atoms with Crippen LogP contribution in [0.3, 0.4) is 0 Å². The summed E-state index contributed by atoms with van der Waals surface area (Å²) >= 11 is 0. The Hall–Kier alpha value is -1.95. The Morgan fingerprint density at radius 3 is 2.58 bits per heavy atom. The van der Waals surface area contributed by atoms with Gasteiger partial charge in [-0.25, -0.2) is 9.78 Å². The predicted molar refractivity (Wildman–Crippen MR) is 69.2 cm³/mol. The predicted octanol–water partition coefficient (Wildman–Crippen LogP) is 1.28. The molecule has 0 aliphatic rings. The molecule has 1 amide bonds. The SMILES string of the molecule is CC(C)OCCN(C)C(=O)c1ccc(C(=O)O)nc1. The van der Waals surface area contributed by atoms with Gasteiger partial charge in [0, 0.05) is 19.8 Å². The van der Waals surface area contributed by atoms with Crippen LogP contribution in [-0.2, 0) is 4.74 Å². The highest BCUT2D eigenvalue weighted by molar-refractivity contribution is 5.94. The number of amides is 1. The number of nitrogens with zero attached hydrogens (tertiary/aromatic N) is 2. The number of likely N-dealkylation sites (N-methyl/N-ethyl adjacent to an activating group) is 1. The van der Waals surface area contributed by atoms with Crippen LogP contribution in [-0.4, -0.2) is 53.2 Å². The van der Waals surface area contributed by atoms with Gasteiger partial charge in [-0.1, -0.05) is 0 Å². The van der Waals surface area contributed by atoms with Gasteiger partial charge in [-0.05, 0) is 26.0 Å². The first kappa shape index (κ1) is 15.1. The lowest BCUT2D eigenvalue weighted by atomic mass is 10.2. The van der Waals surface area contributed by atoms with Gasteiger partial charge in [-0.2, -0.15) is 0 Å². The van der Waals surface area contributed by atoms with Gasteiger partial charge in [0.15, 0.2) is 0 Å². The van der Waals surface area contributed by atoms with E-state index in [1.807, 2.05) is 13.8 Å². The molecule has 0 radical (unpaired) electrons. The maximum absolute atomic E-state index is 12.0. The Balaban J connectivity index is 2.59. The Kier molecular flexibility index (Phi) is 5.44. The summed E-state index contributed by atoms with van der Waals surface area (Å²) in [7, 11) is 1.66. The number of ether oxygens (including phenoxy) is 1. The summed E-state index contributed by atoms with van der Waals surface area (Å²) in [5.74, 6) is -1.32. The molecule has 1 rings (SSSR count). The maximum Gasteiger partial charge on any atom is 0.354 e. The summed E-state index contributed by atoms with van der Waals surface area (Å²) in [5.41, 5.74) is 0.277. The molecule has 0 saturated heterocycles. The smallest absolute Gasteiger partial charge is 0.354 e. The van der Waals surface area contributed by atoms with Gasteiger partial charge in [0.1, 0.15) is 5.69 Å². The number of hydrogen-bond donors (Lipinski definition) is 1. The number of hydrogen-bond acceptors (Lipinski definition) is 4. The number of aromatic nitrogens is 1. The molecule has 0 bridgehead atoms. The highest BCUT2D eigenvalue weighted by Crippen LogP contribution is 2.04. The summed E-state index contributed by atoms with van der Waals surface area (Å²) < 4.78 is 5.36. The zero-order chi connectivity index (χ0) is 14.4. The van der Waals surface area contributed by atoms with Crippen molar-refractivity contribution >= 4 is 11.9 Å². The van der Waals surface area contributed by atoms with Crippen molar-refractivity contribution in [3.63, 3.8) is 0 Å². The normalized spacial score (nSPS) is 10.5. The Labute approximate surface area is 112 Å². The van der Waals surface area contributed by atoms with Crippen molar-refractivity contribution in [3.8, 4) is 0 Å².